The van der Waals surface area contributed by atoms with Crippen LogP contribution < -0.4 is 0 Å². The number of hydrogen-bond acceptors (Lipinski definition) is 5. The summed E-state index contributed by atoms with van der Waals surface area (Å²) in [6, 6.07) is 47.9. The summed E-state index contributed by atoms with van der Waals surface area (Å²) in [5, 5.41) is 6.49. The summed E-state index contributed by atoms with van der Waals surface area (Å²) in [5.41, 5.74) is 7.61. The zero-order valence-corrected chi connectivity index (χ0v) is 25.6. The number of nitrogens with zero attached hydrogens (tertiary/aromatic N) is 5. The highest BCUT2D eigenvalue weighted by molar-refractivity contribution is 6.21. The van der Waals surface area contributed by atoms with Crippen LogP contribution in [0.2, 0.25) is 0 Å². The van der Waals surface area contributed by atoms with E-state index in [0.29, 0.717) is 17.5 Å². The van der Waals surface area contributed by atoms with E-state index < -0.39 is 0 Å². The van der Waals surface area contributed by atoms with Gasteiger partial charge in [-0.25, -0.2) is 15.0 Å². The van der Waals surface area contributed by atoms with Gasteiger partial charge in [-0.15, -0.1) is 0 Å². The molecule has 6 nitrogen and oxygen atoms in total. The zero-order chi connectivity index (χ0) is 31.6. The van der Waals surface area contributed by atoms with Crippen LogP contribution in [0.1, 0.15) is 0 Å². The summed E-state index contributed by atoms with van der Waals surface area (Å²) in [4.78, 5) is 19.7. The van der Waals surface area contributed by atoms with Gasteiger partial charge in [-0.2, -0.15) is 0 Å². The predicted molar refractivity (Wildman–Crippen MR) is 193 cm³/mol. The fourth-order valence-electron chi connectivity index (χ4n) is 6.98. The summed E-state index contributed by atoms with van der Waals surface area (Å²) in [6.07, 6.45) is 3.62. The van der Waals surface area contributed by atoms with Crippen LogP contribution in [-0.4, -0.2) is 24.5 Å². The Kier molecular flexibility index (Phi) is 5.77. The summed E-state index contributed by atoms with van der Waals surface area (Å²) < 4.78 is 8.68. The minimum Gasteiger partial charge on any atom is -0.456 e. The van der Waals surface area contributed by atoms with Crippen molar-refractivity contribution in [3.63, 3.8) is 0 Å². The second-order valence-electron chi connectivity index (χ2n) is 11.9. The molecule has 48 heavy (non-hydrogen) atoms. The quantitative estimate of drug-likeness (QED) is 0.197. The normalized spacial score (nSPS) is 11.8. The van der Waals surface area contributed by atoms with Crippen LogP contribution in [0.3, 0.4) is 0 Å². The van der Waals surface area contributed by atoms with Gasteiger partial charge in [-0.05, 0) is 47.2 Å². The van der Waals surface area contributed by atoms with E-state index in [4.69, 9.17) is 19.4 Å². The molecule has 0 aliphatic carbocycles. The van der Waals surface area contributed by atoms with Crippen molar-refractivity contribution in [2.24, 2.45) is 0 Å². The number of aromatic nitrogens is 5. The van der Waals surface area contributed by atoms with Gasteiger partial charge in [0.25, 0.3) is 0 Å². The molecule has 0 N–H and O–H groups in total. The number of pyridine rings is 1. The van der Waals surface area contributed by atoms with Gasteiger partial charge < -0.3 is 8.98 Å². The lowest BCUT2D eigenvalue weighted by molar-refractivity contribution is 0.669. The molecule has 0 radical (unpaired) electrons. The SMILES string of the molecule is c1ccc(-c2nc(-c3ccc4c5ccccc5n(-c5ccccc5)c4c3)nc(-c3cc4oc5ccncc5c4c4ccccc34)n2)cc1. The third-order valence-electron chi connectivity index (χ3n) is 9.13. The molecule has 4 heterocycles. The van der Waals surface area contributed by atoms with Gasteiger partial charge in [0, 0.05) is 56.3 Å². The average molecular weight is 616 g/mol. The molecular weight excluding hydrogens is 590 g/mol. The van der Waals surface area contributed by atoms with Gasteiger partial charge in [0.15, 0.2) is 17.5 Å². The molecule has 4 aromatic heterocycles. The summed E-state index contributed by atoms with van der Waals surface area (Å²) in [7, 11) is 0. The highest BCUT2D eigenvalue weighted by Gasteiger charge is 2.20. The van der Waals surface area contributed by atoms with Crippen molar-refractivity contribution in [3.8, 4) is 39.9 Å². The van der Waals surface area contributed by atoms with E-state index in [1.165, 1.54) is 10.8 Å². The highest BCUT2D eigenvalue weighted by atomic mass is 16.3. The topological polar surface area (TPSA) is 69.6 Å². The molecule has 0 aliphatic rings. The van der Waals surface area contributed by atoms with E-state index in [-0.39, 0.29) is 0 Å². The molecule has 10 aromatic rings. The third kappa shape index (κ3) is 4.06. The first kappa shape index (κ1) is 26.5. The number of furan rings is 1. The van der Waals surface area contributed by atoms with E-state index in [9.17, 15) is 0 Å². The Hall–Kier alpha value is -6.66. The van der Waals surface area contributed by atoms with Crippen molar-refractivity contribution in [1.82, 2.24) is 24.5 Å². The molecule has 0 fully saturated rings. The zero-order valence-electron chi connectivity index (χ0n) is 25.6. The highest BCUT2D eigenvalue weighted by Crippen LogP contribution is 2.40. The van der Waals surface area contributed by atoms with Crippen LogP contribution in [0.5, 0.6) is 0 Å². The molecule has 0 saturated carbocycles. The van der Waals surface area contributed by atoms with Crippen molar-refractivity contribution in [2.45, 2.75) is 0 Å². The molecule has 0 spiro atoms. The molecule has 0 atom stereocenters. The van der Waals surface area contributed by atoms with Crippen LogP contribution in [0.15, 0.2) is 156 Å². The van der Waals surface area contributed by atoms with E-state index in [2.05, 4.69) is 107 Å². The molecule has 6 heteroatoms. The lowest BCUT2D eigenvalue weighted by atomic mass is 9.99. The largest absolute Gasteiger partial charge is 0.456 e. The molecule has 0 unspecified atom stereocenters. The Morgan fingerprint density at radius 1 is 0.458 bits per heavy atom. The first-order valence-corrected chi connectivity index (χ1v) is 15.9. The Morgan fingerprint density at radius 3 is 1.96 bits per heavy atom. The van der Waals surface area contributed by atoms with E-state index in [1.54, 1.807) is 6.20 Å². The van der Waals surface area contributed by atoms with Crippen molar-refractivity contribution in [2.75, 3.05) is 0 Å². The van der Waals surface area contributed by atoms with E-state index >= 15 is 0 Å². The summed E-state index contributed by atoms with van der Waals surface area (Å²) >= 11 is 0. The molecular formula is C42H25N5O. The first-order valence-electron chi connectivity index (χ1n) is 15.9. The van der Waals surface area contributed by atoms with Gasteiger partial charge >= 0.3 is 0 Å². The molecule has 10 rings (SSSR count). The molecule has 0 aliphatic heterocycles. The fourth-order valence-corrected chi connectivity index (χ4v) is 6.98. The predicted octanol–water partition coefficient (Wildman–Crippen LogP) is 10.4. The minimum absolute atomic E-state index is 0.583. The number of hydrogen-bond donors (Lipinski definition) is 0. The Bertz CT molecular complexity index is 2840. The monoisotopic (exact) mass is 615 g/mol. The van der Waals surface area contributed by atoms with E-state index in [0.717, 1.165) is 66.1 Å². The minimum atomic E-state index is 0.583. The lowest BCUT2D eigenvalue weighted by Crippen LogP contribution is -2.01. The van der Waals surface area contributed by atoms with Gasteiger partial charge in [0.2, 0.25) is 0 Å². The second-order valence-corrected chi connectivity index (χ2v) is 11.9. The molecule has 224 valence electrons. The number of para-hydroxylation sites is 2. The molecule has 0 saturated heterocycles. The van der Waals surface area contributed by atoms with E-state index in [1.807, 2.05) is 48.7 Å². The lowest BCUT2D eigenvalue weighted by Gasteiger charge is -2.12. The number of rotatable bonds is 4. The fraction of sp³-hybridized carbons (Fsp3) is 0. The molecule has 0 amide bonds. The Balaban J connectivity index is 1.25. The summed E-state index contributed by atoms with van der Waals surface area (Å²) in [5.74, 6) is 1.79. The van der Waals surface area contributed by atoms with Gasteiger partial charge in [-0.1, -0.05) is 103 Å². The third-order valence-corrected chi connectivity index (χ3v) is 9.13. The maximum Gasteiger partial charge on any atom is 0.164 e. The van der Waals surface area contributed by atoms with Crippen LogP contribution in [0, 0.1) is 0 Å². The molecule has 6 aromatic carbocycles. The van der Waals surface area contributed by atoms with Crippen molar-refractivity contribution >= 4 is 54.5 Å². The Morgan fingerprint density at radius 2 is 1.12 bits per heavy atom. The molecule has 0 bridgehead atoms. The second kappa shape index (κ2) is 10.4. The smallest absolute Gasteiger partial charge is 0.164 e. The van der Waals surface area contributed by atoms with Gasteiger partial charge in [0.05, 0.1) is 11.0 Å². The summed E-state index contributed by atoms with van der Waals surface area (Å²) in [6.45, 7) is 0. The van der Waals surface area contributed by atoms with Crippen LogP contribution in [0.25, 0.3) is 94.4 Å². The average Bonchev–Trinajstić information content (AvgIpc) is 3.70. The maximum absolute atomic E-state index is 6.37. The van der Waals surface area contributed by atoms with Gasteiger partial charge in [-0.3, -0.25) is 4.98 Å². The van der Waals surface area contributed by atoms with Crippen LogP contribution >= 0.6 is 0 Å². The van der Waals surface area contributed by atoms with Crippen molar-refractivity contribution < 1.29 is 4.42 Å². The Labute approximate surface area is 274 Å². The number of fused-ring (bicyclic) bond motifs is 8. The number of benzene rings is 6. The van der Waals surface area contributed by atoms with Crippen LogP contribution in [-0.2, 0) is 0 Å². The van der Waals surface area contributed by atoms with Crippen molar-refractivity contribution in [3.05, 3.63) is 152 Å². The van der Waals surface area contributed by atoms with Crippen molar-refractivity contribution in [1.29, 1.82) is 0 Å². The standard InChI is InChI=1S/C42H25N5O/c1-3-11-26(12-4-1)40-44-41(27-19-20-31-30-16-9-10-18-35(30)47(36(31)23-27)28-13-5-2-6-14-28)46-42(45-40)33-24-38-39(32-17-8-7-15-29(32)33)34-25-43-22-21-37(34)48-38/h1-25H. The maximum atomic E-state index is 6.37. The van der Waals surface area contributed by atoms with Gasteiger partial charge in [0.1, 0.15) is 11.2 Å². The first-order chi connectivity index (χ1) is 23.8. The van der Waals surface area contributed by atoms with Crippen LogP contribution in [0.4, 0.5) is 0 Å².